The summed E-state index contributed by atoms with van der Waals surface area (Å²) in [6.45, 7) is 11.3. The molecule has 4 heteroatoms. The fourth-order valence-corrected chi connectivity index (χ4v) is 4.87. The molecule has 0 spiro atoms. The Labute approximate surface area is 195 Å². The van der Waals surface area contributed by atoms with Gasteiger partial charge in [0.1, 0.15) is 0 Å². The Hall–Kier alpha value is -2.51. The van der Waals surface area contributed by atoms with Crippen molar-refractivity contribution in [3.8, 4) is 17.6 Å². The number of nitrogens with zero attached hydrogens (tertiary/aromatic N) is 2. The molecule has 0 aromatic heterocycles. The quantitative estimate of drug-likeness (QED) is 0.400. The van der Waals surface area contributed by atoms with Gasteiger partial charge < -0.3 is 14.4 Å². The molecule has 0 bridgehead atoms. The van der Waals surface area contributed by atoms with Crippen LogP contribution in [0, 0.1) is 17.2 Å². The van der Waals surface area contributed by atoms with Crippen LogP contribution in [0.3, 0.4) is 0 Å². The van der Waals surface area contributed by atoms with Crippen molar-refractivity contribution in [2.75, 3.05) is 27.8 Å². The van der Waals surface area contributed by atoms with E-state index >= 15 is 0 Å². The van der Waals surface area contributed by atoms with Gasteiger partial charge >= 0.3 is 0 Å². The SMILES string of the molecule is C=CC1=C(/C=C\C)CC[C@@H](N(C)CCC[C@](C#N)(c2ccc(OC)c(OC)c2)C(C)C)C1. The number of methoxy groups -OCH3 is 2. The molecule has 0 radical (unpaired) electrons. The van der Waals surface area contributed by atoms with Crippen LogP contribution >= 0.6 is 0 Å². The van der Waals surface area contributed by atoms with E-state index in [2.05, 4.69) is 57.5 Å². The third kappa shape index (κ3) is 5.64. The van der Waals surface area contributed by atoms with Crippen molar-refractivity contribution in [3.05, 3.63) is 59.7 Å². The van der Waals surface area contributed by atoms with E-state index in [4.69, 9.17) is 9.47 Å². The molecule has 1 aromatic carbocycles. The Kier molecular flexibility index (Phi) is 9.60. The molecule has 1 aliphatic rings. The molecule has 0 amide bonds. The second kappa shape index (κ2) is 11.9. The molecule has 0 heterocycles. The van der Waals surface area contributed by atoms with E-state index in [1.807, 2.05) is 24.3 Å². The van der Waals surface area contributed by atoms with E-state index in [0.717, 1.165) is 44.2 Å². The predicted octanol–water partition coefficient (Wildman–Crippen LogP) is 6.44. The molecule has 2 atom stereocenters. The summed E-state index contributed by atoms with van der Waals surface area (Å²) in [6.07, 6.45) is 11.4. The van der Waals surface area contributed by atoms with Gasteiger partial charge in [-0.1, -0.05) is 44.7 Å². The van der Waals surface area contributed by atoms with Gasteiger partial charge in [0.25, 0.3) is 0 Å². The summed E-state index contributed by atoms with van der Waals surface area (Å²) in [4.78, 5) is 2.47. The third-order valence-corrected chi connectivity index (χ3v) is 7.02. The van der Waals surface area contributed by atoms with Gasteiger partial charge in [0.15, 0.2) is 11.5 Å². The van der Waals surface area contributed by atoms with Crippen LogP contribution in [0.2, 0.25) is 0 Å². The van der Waals surface area contributed by atoms with Gasteiger partial charge in [-0.3, -0.25) is 0 Å². The maximum atomic E-state index is 10.3. The first kappa shape index (κ1) is 25.7. The van der Waals surface area contributed by atoms with Crippen molar-refractivity contribution >= 4 is 0 Å². The zero-order valence-electron chi connectivity index (χ0n) is 20.8. The summed E-state index contributed by atoms with van der Waals surface area (Å²) in [6, 6.07) is 9.08. The summed E-state index contributed by atoms with van der Waals surface area (Å²) in [5, 5.41) is 10.3. The van der Waals surface area contributed by atoms with Crippen molar-refractivity contribution in [1.82, 2.24) is 4.90 Å². The predicted molar refractivity (Wildman–Crippen MR) is 133 cm³/mol. The highest BCUT2D eigenvalue weighted by Gasteiger charge is 2.36. The smallest absolute Gasteiger partial charge is 0.161 e. The highest BCUT2D eigenvalue weighted by Crippen LogP contribution is 2.40. The topological polar surface area (TPSA) is 45.5 Å². The lowest BCUT2D eigenvalue weighted by Crippen LogP contribution is -2.36. The van der Waals surface area contributed by atoms with E-state index in [1.54, 1.807) is 14.2 Å². The molecular weight excluding hydrogens is 396 g/mol. The molecule has 0 unspecified atom stereocenters. The van der Waals surface area contributed by atoms with Crippen molar-refractivity contribution < 1.29 is 9.47 Å². The summed E-state index contributed by atoms with van der Waals surface area (Å²) in [7, 11) is 5.48. The monoisotopic (exact) mass is 436 g/mol. The van der Waals surface area contributed by atoms with Gasteiger partial charge in [-0.15, -0.1) is 0 Å². The van der Waals surface area contributed by atoms with E-state index < -0.39 is 5.41 Å². The fourth-order valence-electron chi connectivity index (χ4n) is 4.87. The van der Waals surface area contributed by atoms with Gasteiger partial charge in [-0.25, -0.2) is 0 Å². The van der Waals surface area contributed by atoms with Crippen LogP contribution in [0.1, 0.15) is 58.4 Å². The number of ether oxygens (including phenoxy) is 2. The second-order valence-corrected chi connectivity index (χ2v) is 9.04. The minimum Gasteiger partial charge on any atom is -0.493 e. The number of benzene rings is 1. The molecule has 0 fully saturated rings. The maximum Gasteiger partial charge on any atom is 0.161 e. The van der Waals surface area contributed by atoms with Crippen molar-refractivity contribution in [1.29, 1.82) is 5.26 Å². The fraction of sp³-hybridized carbons (Fsp3) is 0.536. The zero-order chi connectivity index (χ0) is 23.7. The van der Waals surface area contributed by atoms with E-state index in [-0.39, 0.29) is 5.92 Å². The standard InChI is InChI=1S/C28H40N2O2/c1-8-11-23-12-14-25(18-22(23)9-2)30(5)17-10-16-28(20-29,21(3)4)24-13-15-26(31-6)27(19-24)32-7/h8-9,11,13,15,19,21,25H,2,10,12,14,16-18H2,1,3-7H3/b11-8-/t25-,28-/m1/s1. The van der Waals surface area contributed by atoms with Crippen molar-refractivity contribution in [2.45, 2.75) is 64.3 Å². The number of nitriles is 1. The molecule has 32 heavy (non-hydrogen) atoms. The summed E-state index contributed by atoms with van der Waals surface area (Å²) >= 11 is 0. The lowest BCUT2D eigenvalue weighted by Gasteiger charge is -2.35. The third-order valence-electron chi connectivity index (χ3n) is 7.02. The van der Waals surface area contributed by atoms with Crippen molar-refractivity contribution in [2.24, 2.45) is 5.92 Å². The first-order valence-electron chi connectivity index (χ1n) is 11.7. The first-order valence-corrected chi connectivity index (χ1v) is 11.7. The van der Waals surface area contributed by atoms with Crippen LogP contribution in [0.5, 0.6) is 11.5 Å². The minimum atomic E-state index is -0.557. The second-order valence-electron chi connectivity index (χ2n) is 9.04. The number of hydrogen-bond acceptors (Lipinski definition) is 4. The Bertz CT molecular complexity index is 878. The van der Waals surface area contributed by atoms with Gasteiger partial charge in [-0.05, 0) is 87.4 Å². The van der Waals surface area contributed by atoms with Crippen LogP contribution < -0.4 is 9.47 Å². The lowest BCUT2D eigenvalue weighted by molar-refractivity contribution is 0.210. The Balaban J connectivity index is 2.12. The van der Waals surface area contributed by atoms with Gasteiger partial charge in [-0.2, -0.15) is 5.26 Å². The molecule has 0 aliphatic heterocycles. The van der Waals surface area contributed by atoms with E-state index in [9.17, 15) is 5.26 Å². The summed E-state index contributed by atoms with van der Waals surface area (Å²) in [5.41, 5.74) is 3.23. The van der Waals surface area contributed by atoms with Crippen LogP contribution in [0.4, 0.5) is 0 Å². The molecular formula is C28H40N2O2. The Morgan fingerprint density at radius 3 is 2.53 bits per heavy atom. The first-order chi connectivity index (χ1) is 15.4. The molecule has 2 rings (SSSR count). The van der Waals surface area contributed by atoms with Gasteiger partial charge in [0, 0.05) is 6.04 Å². The largest absolute Gasteiger partial charge is 0.493 e. The molecule has 0 N–H and O–H groups in total. The normalized spacial score (nSPS) is 18.7. The average molecular weight is 437 g/mol. The number of rotatable bonds is 11. The highest BCUT2D eigenvalue weighted by molar-refractivity contribution is 5.47. The Morgan fingerprint density at radius 1 is 1.25 bits per heavy atom. The molecule has 174 valence electrons. The molecule has 1 aromatic rings. The molecule has 0 saturated carbocycles. The molecule has 1 aliphatic carbocycles. The molecule has 4 nitrogen and oxygen atoms in total. The van der Waals surface area contributed by atoms with E-state index in [0.29, 0.717) is 17.5 Å². The molecule has 0 saturated heterocycles. The van der Waals surface area contributed by atoms with Crippen molar-refractivity contribution in [3.63, 3.8) is 0 Å². The van der Waals surface area contributed by atoms with Gasteiger partial charge in [0.05, 0.1) is 25.7 Å². The maximum absolute atomic E-state index is 10.3. The zero-order valence-corrected chi connectivity index (χ0v) is 20.8. The van der Waals surface area contributed by atoms with Crippen LogP contribution in [0.15, 0.2) is 54.2 Å². The Morgan fingerprint density at radius 2 is 1.97 bits per heavy atom. The van der Waals surface area contributed by atoms with Crippen LogP contribution in [-0.4, -0.2) is 38.8 Å². The van der Waals surface area contributed by atoms with Gasteiger partial charge in [0.2, 0.25) is 0 Å². The highest BCUT2D eigenvalue weighted by atomic mass is 16.5. The summed E-state index contributed by atoms with van der Waals surface area (Å²) < 4.78 is 10.9. The minimum absolute atomic E-state index is 0.185. The number of allylic oxidation sites excluding steroid dienone is 4. The average Bonchev–Trinajstić information content (AvgIpc) is 2.81. The van der Waals surface area contributed by atoms with Crippen LogP contribution in [0.25, 0.3) is 0 Å². The lowest BCUT2D eigenvalue weighted by atomic mass is 9.69. The summed E-state index contributed by atoms with van der Waals surface area (Å²) in [5.74, 6) is 1.54. The van der Waals surface area contributed by atoms with Crippen LogP contribution in [-0.2, 0) is 5.41 Å². The number of hydrogen-bond donors (Lipinski definition) is 0. The van der Waals surface area contributed by atoms with E-state index in [1.165, 1.54) is 11.1 Å².